The van der Waals surface area contributed by atoms with Crippen LogP contribution in [0.5, 0.6) is 0 Å². The van der Waals surface area contributed by atoms with Crippen LogP contribution in [0.4, 0.5) is 0 Å². The minimum atomic E-state index is -0.0466. The first-order valence-electron chi connectivity index (χ1n) is 4.03. The van der Waals surface area contributed by atoms with Crippen LogP contribution in [0.1, 0.15) is 5.76 Å². The number of furan rings is 1. The smallest absolute Gasteiger partial charge is 0.236 e. The van der Waals surface area contributed by atoms with Gasteiger partial charge in [-0.1, -0.05) is 11.8 Å². The normalized spacial score (nSPS) is 19.0. The number of hydrogen-bond donors (Lipinski definition) is 1. The van der Waals surface area contributed by atoms with Crippen molar-refractivity contribution in [1.82, 2.24) is 5.32 Å². The summed E-state index contributed by atoms with van der Waals surface area (Å²) in [5.74, 6) is 0.955. The Labute approximate surface area is 98.1 Å². The van der Waals surface area contributed by atoms with E-state index in [1.165, 1.54) is 18.0 Å². The summed E-state index contributed by atoms with van der Waals surface area (Å²) in [7, 11) is 0. The molecule has 0 atom stereocenters. The monoisotopic (exact) mass is 287 g/mol. The zero-order chi connectivity index (χ0) is 10.7. The van der Waals surface area contributed by atoms with E-state index >= 15 is 0 Å². The highest BCUT2D eigenvalue weighted by Crippen LogP contribution is 2.12. The Hall–Kier alpha value is -1.08. The Bertz CT molecular complexity index is 441. The van der Waals surface area contributed by atoms with Crippen LogP contribution >= 0.6 is 27.7 Å². The lowest BCUT2D eigenvalue weighted by molar-refractivity contribution is -0.116. The van der Waals surface area contributed by atoms with E-state index in [9.17, 15) is 4.79 Å². The van der Waals surface area contributed by atoms with Gasteiger partial charge in [0.25, 0.3) is 0 Å². The first kappa shape index (κ1) is 10.4. The van der Waals surface area contributed by atoms with E-state index in [-0.39, 0.29) is 5.91 Å². The number of nitrogens with one attached hydrogen (secondary N) is 1. The third-order valence-corrected chi connectivity index (χ3v) is 2.80. The molecule has 7 heteroatoms. The van der Waals surface area contributed by atoms with Crippen LogP contribution in [0.3, 0.4) is 0 Å². The first-order chi connectivity index (χ1) is 7.24. The third kappa shape index (κ3) is 2.93. The van der Waals surface area contributed by atoms with Crippen molar-refractivity contribution < 1.29 is 9.21 Å². The van der Waals surface area contributed by atoms with Gasteiger partial charge < -0.3 is 9.73 Å². The summed E-state index contributed by atoms with van der Waals surface area (Å²) in [6.45, 7) is 0. The van der Waals surface area contributed by atoms with Gasteiger partial charge in [0.15, 0.2) is 9.84 Å². The third-order valence-electron chi connectivity index (χ3n) is 1.51. The lowest BCUT2D eigenvalue weighted by Gasteiger charge is -1.88. The molecule has 0 aromatic carbocycles. The molecule has 1 N–H and O–H groups in total. The highest BCUT2D eigenvalue weighted by atomic mass is 79.9. The lowest BCUT2D eigenvalue weighted by Crippen LogP contribution is -2.19. The van der Waals surface area contributed by atoms with Gasteiger partial charge in [-0.05, 0) is 28.1 Å². The Morgan fingerprint density at radius 3 is 3.07 bits per heavy atom. The number of nitrogens with zero attached hydrogens (tertiary/aromatic N) is 2. The fraction of sp³-hybridized carbons (Fsp3) is 0.125. The molecule has 2 rings (SSSR count). The van der Waals surface area contributed by atoms with Gasteiger partial charge in [0.1, 0.15) is 5.76 Å². The molecular formula is C8H6BrN3O2S. The summed E-state index contributed by atoms with van der Waals surface area (Å²) in [6.07, 6.45) is 1.47. The average Bonchev–Trinajstić information content (AvgIpc) is 2.76. The second-order valence-electron chi connectivity index (χ2n) is 2.63. The van der Waals surface area contributed by atoms with Crippen molar-refractivity contribution in [3.05, 3.63) is 22.6 Å². The molecule has 1 aliphatic heterocycles. The van der Waals surface area contributed by atoms with Crippen LogP contribution in [0.15, 0.2) is 31.4 Å². The lowest BCUT2D eigenvalue weighted by atomic mass is 10.5. The molecule has 5 nitrogen and oxygen atoms in total. The van der Waals surface area contributed by atoms with E-state index in [1.807, 2.05) is 0 Å². The Kier molecular flexibility index (Phi) is 3.22. The summed E-state index contributed by atoms with van der Waals surface area (Å²) < 4.78 is 5.81. The highest BCUT2D eigenvalue weighted by molar-refractivity contribution is 9.10. The number of rotatable bonds is 2. The summed E-state index contributed by atoms with van der Waals surface area (Å²) in [5, 5.41) is 10.7. The number of amidine groups is 1. The molecule has 1 aliphatic rings. The van der Waals surface area contributed by atoms with Gasteiger partial charge in [-0.3, -0.25) is 4.79 Å². The largest absolute Gasteiger partial charge is 0.448 e. The van der Waals surface area contributed by atoms with E-state index in [0.29, 0.717) is 21.4 Å². The van der Waals surface area contributed by atoms with Crippen molar-refractivity contribution in [3.8, 4) is 0 Å². The van der Waals surface area contributed by atoms with Gasteiger partial charge in [-0.15, -0.1) is 5.10 Å². The summed E-state index contributed by atoms with van der Waals surface area (Å²) in [6, 6.07) is 3.52. The van der Waals surface area contributed by atoms with Crippen molar-refractivity contribution in [1.29, 1.82) is 0 Å². The molecule has 0 spiro atoms. The average molecular weight is 288 g/mol. The quantitative estimate of drug-likeness (QED) is 0.664. The maximum absolute atomic E-state index is 10.8. The number of thioether (sulfide) groups is 1. The summed E-state index contributed by atoms with van der Waals surface area (Å²) >= 11 is 4.50. The number of carbonyl (C=O) groups excluding carboxylic acids is 1. The molecule has 0 aliphatic carbocycles. The molecule has 1 aromatic heterocycles. The molecule has 2 heterocycles. The van der Waals surface area contributed by atoms with Gasteiger partial charge in [-0.2, -0.15) is 5.10 Å². The van der Waals surface area contributed by atoms with Crippen molar-refractivity contribution >= 4 is 45.0 Å². The minimum Gasteiger partial charge on any atom is -0.448 e. The van der Waals surface area contributed by atoms with Crippen molar-refractivity contribution in [2.45, 2.75) is 0 Å². The van der Waals surface area contributed by atoms with Gasteiger partial charge in [0, 0.05) is 0 Å². The molecule has 0 radical (unpaired) electrons. The number of halogens is 1. The van der Waals surface area contributed by atoms with Crippen LogP contribution in [0.25, 0.3) is 0 Å². The van der Waals surface area contributed by atoms with Crippen molar-refractivity contribution in [2.75, 3.05) is 5.75 Å². The van der Waals surface area contributed by atoms with Gasteiger partial charge in [0.2, 0.25) is 5.91 Å². The topological polar surface area (TPSA) is 67.0 Å². The molecule has 0 bridgehead atoms. The maximum Gasteiger partial charge on any atom is 0.236 e. The molecule has 1 saturated heterocycles. The molecular weight excluding hydrogens is 282 g/mol. The Morgan fingerprint density at radius 1 is 1.60 bits per heavy atom. The van der Waals surface area contributed by atoms with Gasteiger partial charge in [-0.25, -0.2) is 0 Å². The fourth-order valence-corrected chi connectivity index (χ4v) is 1.87. The predicted molar refractivity (Wildman–Crippen MR) is 62.0 cm³/mol. The molecule has 78 valence electrons. The number of carbonyl (C=O) groups is 1. The van der Waals surface area contributed by atoms with Crippen LogP contribution in [0, 0.1) is 0 Å². The molecule has 0 saturated carbocycles. The Balaban J connectivity index is 1.98. The molecule has 1 amide bonds. The minimum absolute atomic E-state index is 0.0466. The molecule has 1 fully saturated rings. The molecule has 1 aromatic rings. The van der Waals surface area contributed by atoms with E-state index in [0.717, 1.165) is 0 Å². The van der Waals surface area contributed by atoms with Crippen LogP contribution in [-0.2, 0) is 4.79 Å². The SMILES string of the molecule is O=C1CS/C(=N/N=C/c2ccc(Br)o2)N1. The first-order valence-corrected chi connectivity index (χ1v) is 5.81. The zero-order valence-electron chi connectivity index (χ0n) is 7.44. The van der Waals surface area contributed by atoms with Crippen LogP contribution in [0.2, 0.25) is 0 Å². The second kappa shape index (κ2) is 4.63. The van der Waals surface area contributed by atoms with Gasteiger partial charge >= 0.3 is 0 Å². The van der Waals surface area contributed by atoms with E-state index in [1.54, 1.807) is 12.1 Å². The van der Waals surface area contributed by atoms with Crippen molar-refractivity contribution in [3.63, 3.8) is 0 Å². The summed E-state index contributed by atoms with van der Waals surface area (Å²) in [4.78, 5) is 10.8. The van der Waals surface area contributed by atoms with Crippen LogP contribution < -0.4 is 5.32 Å². The standard InChI is InChI=1S/C8H6BrN3O2S/c9-6-2-1-5(14-6)3-10-12-8-11-7(13)4-15-8/h1-3H,4H2,(H,11,12,13)/b10-3+. The maximum atomic E-state index is 10.8. The zero-order valence-corrected chi connectivity index (χ0v) is 9.84. The highest BCUT2D eigenvalue weighted by Gasteiger charge is 2.15. The van der Waals surface area contributed by atoms with Gasteiger partial charge in [0.05, 0.1) is 12.0 Å². The molecule has 15 heavy (non-hydrogen) atoms. The van der Waals surface area contributed by atoms with Crippen molar-refractivity contribution in [2.24, 2.45) is 10.2 Å². The summed E-state index contributed by atoms with van der Waals surface area (Å²) in [5.41, 5.74) is 0. The number of hydrogen-bond acceptors (Lipinski definition) is 5. The Morgan fingerprint density at radius 2 is 2.47 bits per heavy atom. The molecule has 0 unspecified atom stereocenters. The predicted octanol–water partition coefficient (Wildman–Crippen LogP) is 1.59. The number of amides is 1. The van der Waals surface area contributed by atoms with Crippen LogP contribution in [-0.4, -0.2) is 23.0 Å². The fourth-order valence-electron chi connectivity index (χ4n) is 0.915. The van der Waals surface area contributed by atoms with E-state index in [2.05, 4.69) is 31.4 Å². The second-order valence-corrected chi connectivity index (χ2v) is 4.37. The van der Waals surface area contributed by atoms with E-state index in [4.69, 9.17) is 4.42 Å². The van der Waals surface area contributed by atoms with E-state index < -0.39 is 0 Å².